The van der Waals surface area contributed by atoms with E-state index in [9.17, 15) is 19.2 Å². The molecular formula is C48H52N8O7. The molecule has 15 nitrogen and oxygen atoms in total. The molecule has 2 saturated heterocycles. The number of hydrogen-bond acceptors (Lipinski definition) is 9. The third-order valence-electron chi connectivity index (χ3n) is 12.7. The van der Waals surface area contributed by atoms with Crippen LogP contribution in [0.15, 0.2) is 77.5 Å². The zero-order valence-electron chi connectivity index (χ0n) is 36.3. The molecule has 3 aromatic carbocycles. The van der Waals surface area contributed by atoms with Gasteiger partial charge in [-0.05, 0) is 83.7 Å². The molecule has 4 aromatic heterocycles. The van der Waals surface area contributed by atoms with Gasteiger partial charge in [-0.25, -0.2) is 19.6 Å². The molecule has 2 fully saturated rings. The molecule has 2 aliphatic rings. The first-order chi connectivity index (χ1) is 30.4. The number of rotatable bonds is 11. The van der Waals surface area contributed by atoms with Gasteiger partial charge >= 0.3 is 12.2 Å². The second-order valence-electron chi connectivity index (χ2n) is 17.3. The summed E-state index contributed by atoms with van der Waals surface area (Å²) in [5, 5.41) is 9.59. The number of aromatic amines is 2. The first-order valence-electron chi connectivity index (χ1n) is 21.7. The lowest BCUT2D eigenvalue weighted by atomic mass is 9.92. The summed E-state index contributed by atoms with van der Waals surface area (Å²) in [7, 11) is 2.58. The summed E-state index contributed by atoms with van der Waals surface area (Å²) in [4.78, 5) is 71.8. The summed E-state index contributed by atoms with van der Waals surface area (Å²) in [6, 6.07) is 19.1. The van der Waals surface area contributed by atoms with E-state index in [2.05, 4.69) is 69.1 Å². The number of H-pyrrole nitrogens is 2. The van der Waals surface area contributed by atoms with Crippen LogP contribution in [0.3, 0.4) is 0 Å². The Kier molecular flexibility index (Phi) is 11.0. The van der Waals surface area contributed by atoms with Crippen molar-refractivity contribution in [1.82, 2.24) is 40.4 Å². The molecule has 0 radical (unpaired) electrons. The van der Waals surface area contributed by atoms with Crippen LogP contribution in [-0.4, -0.2) is 93.1 Å². The van der Waals surface area contributed by atoms with Gasteiger partial charge in [0.05, 0.1) is 50.1 Å². The third-order valence-corrected chi connectivity index (χ3v) is 12.7. The summed E-state index contributed by atoms with van der Waals surface area (Å²) in [5.74, 6) is 0.881. The number of ether oxygens (including phenoxy) is 2. The van der Waals surface area contributed by atoms with Crippen LogP contribution in [0.5, 0.6) is 0 Å². The lowest BCUT2D eigenvalue weighted by Gasteiger charge is -2.30. The monoisotopic (exact) mass is 852 g/mol. The van der Waals surface area contributed by atoms with Gasteiger partial charge in [0.15, 0.2) is 0 Å². The Hall–Kier alpha value is -6.90. The molecule has 6 heterocycles. The van der Waals surface area contributed by atoms with E-state index in [1.165, 1.54) is 14.2 Å². The van der Waals surface area contributed by atoms with Crippen molar-refractivity contribution in [2.75, 3.05) is 27.3 Å². The number of alkyl carbamates (subject to hydrolysis) is 2. The van der Waals surface area contributed by atoms with Crippen molar-refractivity contribution in [2.45, 2.75) is 77.5 Å². The maximum Gasteiger partial charge on any atom is 0.407 e. The molecule has 0 spiro atoms. The van der Waals surface area contributed by atoms with E-state index in [0.29, 0.717) is 18.9 Å². The topological polar surface area (TPSA) is 188 Å². The van der Waals surface area contributed by atoms with Crippen molar-refractivity contribution in [2.24, 2.45) is 11.8 Å². The number of furan rings is 2. The molecule has 0 aliphatic carbocycles. The highest BCUT2D eigenvalue weighted by Gasteiger charge is 2.39. The summed E-state index contributed by atoms with van der Waals surface area (Å²) in [6.45, 7) is 8.77. The SMILES string of the molecule is COC(=O)NC(C(=O)N1CCCC1c1ncc(-c2ccc3cc(-c4ccc(-c5cnc(C6CCCN6C(=O)C(NC(=O)OC)C(C)C)[nH]5)c5c6ccc(o6)c45)ccc3c2)[nH]1)C(C)C. The van der Waals surface area contributed by atoms with E-state index < -0.39 is 24.3 Å². The molecule has 4 unspecified atom stereocenters. The number of carbonyl (C=O) groups excluding carboxylic acids is 4. The number of nitrogens with one attached hydrogen (secondary N) is 4. The fourth-order valence-corrected chi connectivity index (χ4v) is 9.45. The Bertz CT molecular complexity index is 2840. The van der Waals surface area contributed by atoms with Crippen LogP contribution in [0.2, 0.25) is 0 Å². The van der Waals surface area contributed by atoms with Crippen molar-refractivity contribution >= 4 is 56.7 Å². The first-order valence-corrected chi connectivity index (χ1v) is 21.7. The maximum atomic E-state index is 13.8. The van der Waals surface area contributed by atoms with Crippen LogP contribution in [0.4, 0.5) is 9.59 Å². The van der Waals surface area contributed by atoms with Crippen molar-refractivity contribution in [3.63, 3.8) is 0 Å². The summed E-state index contributed by atoms with van der Waals surface area (Å²) in [6.07, 6.45) is 5.58. The summed E-state index contributed by atoms with van der Waals surface area (Å²) < 4.78 is 15.9. The van der Waals surface area contributed by atoms with Crippen molar-refractivity contribution in [3.8, 4) is 33.6 Å². The van der Waals surface area contributed by atoms with Gasteiger partial charge in [-0.2, -0.15) is 0 Å². The second kappa shape index (κ2) is 16.8. The van der Waals surface area contributed by atoms with Gasteiger partial charge in [0.2, 0.25) is 11.8 Å². The Morgan fingerprint density at radius 3 is 1.67 bits per heavy atom. The highest BCUT2D eigenvalue weighted by Crippen LogP contribution is 2.44. The maximum absolute atomic E-state index is 13.8. The van der Waals surface area contributed by atoms with E-state index in [4.69, 9.17) is 23.9 Å². The number of benzene rings is 4. The van der Waals surface area contributed by atoms with Gasteiger partial charge in [0.25, 0.3) is 0 Å². The number of fused-ring (bicyclic) bond motifs is 6. The van der Waals surface area contributed by atoms with E-state index >= 15 is 0 Å². The number of likely N-dealkylation sites (tertiary alicyclic amines) is 2. The lowest BCUT2D eigenvalue weighted by molar-refractivity contribution is -0.136. The predicted molar refractivity (Wildman–Crippen MR) is 239 cm³/mol. The van der Waals surface area contributed by atoms with Gasteiger partial charge in [-0.1, -0.05) is 64.1 Å². The fraction of sp³-hybridized carbons (Fsp3) is 0.375. The van der Waals surface area contributed by atoms with Gasteiger partial charge in [0, 0.05) is 35.0 Å². The predicted octanol–water partition coefficient (Wildman–Crippen LogP) is 8.71. The van der Waals surface area contributed by atoms with Crippen molar-refractivity contribution < 1.29 is 33.1 Å². The van der Waals surface area contributed by atoms with Crippen LogP contribution in [0, 0.1) is 11.8 Å². The number of methoxy groups -OCH3 is 2. The van der Waals surface area contributed by atoms with Gasteiger partial charge < -0.3 is 44.3 Å². The van der Waals surface area contributed by atoms with E-state index in [-0.39, 0.29) is 35.7 Å². The van der Waals surface area contributed by atoms with E-state index in [0.717, 1.165) is 97.9 Å². The Labute approximate surface area is 364 Å². The molecule has 63 heavy (non-hydrogen) atoms. The number of amides is 4. The Balaban J connectivity index is 0.961. The molecule has 0 saturated carbocycles. The number of nitrogens with zero attached hydrogens (tertiary/aromatic N) is 4. The number of aromatic nitrogens is 4. The van der Waals surface area contributed by atoms with E-state index in [1.54, 1.807) is 0 Å². The fourth-order valence-electron chi connectivity index (χ4n) is 9.45. The zero-order valence-corrected chi connectivity index (χ0v) is 36.3. The third kappa shape index (κ3) is 7.59. The first kappa shape index (κ1) is 41.5. The minimum Gasteiger partial charge on any atom is -0.456 e. The molecule has 4 N–H and O–H groups in total. The molecule has 9 rings (SSSR count). The highest BCUT2D eigenvalue weighted by molar-refractivity contribution is 6.19. The molecule has 2 aliphatic heterocycles. The van der Waals surface area contributed by atoms with Crippen LogP contribution < -0.4 is 10.6 Å². The molecule has 4 amide bonds. The van der Waals surface area contributed by atoms with Crippen LogP contribution >= 0.6 is 0 Å². The van der Waals surface area contributed by atoms with E-state index in [1.807, 2.05) is 62.0 Å². The zero-order chi connectivity index (χ0) is 44.1. The molecule has 2 bridgehead atoms. The minimum absolute atomic E-state index is 0.115. The van der Waals surface area contributed by atoms with Gasteiger partial charge in [-0.15, -0.1) is 0 Å². The molecule has 326 valence electrons. The lowest BCUT2D eigenvalue weighted by Crippen LogP contribution is -2.51. The number of carbonyl (C=O) groups is 4. The molecule has 4 atom stereocenters. The van der Waals surface area contributed by atoms with Gasteiger partial charge in [-0.3, -0.25) is 9.59 Å². The number of hydrogen-bond donors (Lipinski definition) is 4. The highest BCUT2D eigenvalue weighted by atomic mass is 16.5. The minimum atomic E-state index is -0.713. The quantitative estimate of drug-likeness (QED) is 0.0987. The van der Waals surface area contributed by atoms with Crippen molar-refractivity contribution in [3.05, 3.63) is 84.7 Å². The van der Waals surface area contributed by atoms with Crippen molar-refractivity contribution in [1.29, 1.82) is 0 Å². The standard InChI is InChI=1S/C48H52N8O7/c1-25(2)41(53-47(59)61-5)45(57)55-19-7-9-35(55)43-49-23-33(51-43)30-14-12-27-21-29(13-11-28(27)22-30)31-15-16-32(40-38-18-17-37(63-38)39(31)40)34-24-50-44(52-34)36-10-8-20-56(36)46(58)42(26(3)4)54-48(60)62-6/h11-18,21-26,35-36,41-42H,7-10,19-20H2,1-6H3,(H,49,51)(H,50,52)(H,53,59)(H,54,60). The van der Waals surface area contributed by atoms with Crippen LogP contribution in [-0.2, 0) is 19.1 Å². The normalized spacial score (nSPS) is 17.7. The Morgan fingerprint density at radius 2 is 1.13 bits per heavy atom. The second-order valence-corrected chi connectivity index (χ2v) is 17.3. The molecule has 7 aromatic rings. The average molecular weight is 853 g/mol. The van der Waals surface area contributed by atoms with Gasteiger partial charge in [0.1, 0.15) is 34.9 Å². The summed E-state index contributed by atoms with van der Waals surface area (Å²) in [5.41, 5.74) is 7.31. The van der Waals surface area contributed by atoms with Crippen LogP contribution in [0.1, 0.15) is 77.1 Å². The summed E-state index contributed by atoms with van der Waals surface area (Å²) >= 11 is 0. The number of imidazole rings is 2. The largest absolute Gasteiger partial charge is 0.456 e. The molecule has 15 heteroatoms. The molecular weight excluding hydrogens is 801 g/mol. The smallest absolute Gasteiger partial charge is 0.407 e. The Morgan fingerprint density at radius 1 is 0.651 bits per heavy atom. The van der Waals surface area contributed by atoms with Crippen LogP contribution in [0.25, 0.3) is 66.4 Å². The average Bonchev–Trinajstić information content (AvgIpc) is 4.15.